The summed E-state index contributed by atoms with van der Waals surface area (Å²) < 4.78 is 5.76. The van der Waals surface area contributed by atoms with Gasteiger partial charge in [0.1, 0.15) is 5.76 Å². The van der Waals surface area contributed by atoms with Gasteiger partial charge in [-0.3, -0.25) is 14.4 Å². The number of nitrogens with one attached hydrogen (secondary N) is 1. The highest BCUT2D eigenvalue weighted by Crippen LogP contribution is 2.26. The van der Waals surface area contributed by atoms with E-state index in [-0.39, 0.29) is 35.4 Å². The first-order valence-corrected chi connectivity index (χ1v) is 13.2. The van der Waals surface area contributed by atoms with E-state index >= 15 is 0 Å². The average Bonchev–Trinajstić information content (AvgIpc) is 3.54. The van der Waals surface area contributed by atoms with Crippen molar-refractivity contribution < 1.29 is 18.8 Å². The van der Waals surface area contributed by atoms with Crippen molar-refractivity contribution in [2.75, 3.05) is 18.4 Å². The van der Waals surface area contributed by atoms with Crippen molar-refractivity contribution >= 4 is 34.6 Å². The molecule has 2 amide bonds. The number of carbonyl (C=O) groups is 3. The third-order valence-corrected chi connectivity index (χ3v) is 7.35. The Labute approximate surface area is 220 Å². The lowest BCUT2D eigenvalue weighted by Crippen LogP contribution is -2.40. The number of nitrogens with zero attached hydrogens (tertiary/aromatic N) is 3. The molecule has 8 nitrogen and oxygen atoms in total. The standard InChI is InChI=1S/C28H32N4O4S/c1-5-24(34)31-20-10-8-19(9-11-20)27(35)32-12-6-7-18(17-32)13-26-30-15-22(37-26)21(33)14-25-29-16-23(36-25)28(2,3)4/h5,8-11,15-16,18H,1,6-7,12-14,17H2,2-4H3,(H,31,34). The molecule has 0 bridgehead atoms. The van der Waals surface area contributed by atoms with Crippen molar-refractivity contribution in [2.45, 2.75) is 51.9 Å². The number of carbonyl (C=O) groups excluding carboxylic acids is 3. The number of amides is 2. The lowest BCUT2D eigenvalue weighted by Gasteiger charge is -2.32. The van der Waals surface area contributed by atoms with Crippen LogP contribution in [0.5, 0.6) is 0 Å². The number of aromatic nitrogens is 2. The number of rotatable bonds is 8. The van der Waals surface area contributed by atoms with E-state index in [4.69, 9.17) is 4.42 Å². The van der Waals surface area contributed by atoms with Crippen LogP contribution in [0.4, 0.5) is 5.69 Å². The van der Waals surface area contributed by atoms with Crippen molar-refractivity contribution in [3.8, 4) is 0 Å². The fourth-order valence-electron chi connectivity index (χ4n) is 4.23. The molecular formula is C28H32N4O4S. The smallest absolute Gasteiger partial charge is 0.253 e. The summed E-state index contributed by atoms with van der Waals surface area (Å²) in [5.41, 5.74) is 1.04. The summed E-state index contributed by atoms with van der Waals surface area (Å²) in [6.07, 6.45) is 7.28. The fraction of sp³-hybridized carbons (Fsp3) is 0.393. The van der Waals surface area contributed by atoms with Crippen LogP contribution in [0.25, 0.3) is 0 Å². The molecule has 1 N–H and O–H groups in total. The highest BCUT2D eigenvalue weighted by Gasteiger charge is 2.26. The molecule has 1 aliphatic heterocycles. The molecule has 1 aliphatic rings. The summed E-state index contributed by atoms with van der Waals surface area (Å²) in [7, 11) is 0. The maximum Gasteiger partial charge on any atom is 0.253 e. The van der Waals surface area contributed by atoms with E-state index in [1.165, 1.54) is 17.4 Å². The first-order chi connectivity index (χ1) is 17.6. The predicted molar refractivity (Wildman–Crippen MR) is 143 cm³/mol. The molecule has 194 valence electrons. The Kier molecular flexibility index (Phi) is 8.02. The second-order valence-electron chi connectivity index (χ2n) is 10.3. The minimum absolute atomic E-state index is 0.0260. The van der Waals surface area contributed by atoms with Crippen molar-refractivity contribution in [3.63, 3.8) is 0 Å². The minimum atomic E-state index is -0.294. The Morgan fingerprint density at radius 1 is 1.19 bits per heavy atom. The Bertz CT molecular complexity index is 1290. The molecule has 0 radical (unpaired) electrons. The van der Waals surface area contributed by atoms with E-state index in [0.29, 0.717) is 35.1 Å². The van der Waals surface area contributed by atoms with Gasteiger partial charge in [-0.15, -0.1) is 11.3 Å². The van der Waals surface area contributed by atoms with Crippen LogP contribution in [0, 0.1) is 5.92 Å². The first-order valence-electron chi connectivity index (χ1n) is 12.4. The molecule has 1 aromatic carbocycles. The molecule has 1 atom stereocenters. The maximum absolute atomic E-state index is 13.1. The van der Waals surface area contributed by atoms with Gasteiger partial charge in [0.15, 0.2) is 5.78 Å². The number of likely N-dealkylation sites (tertiary alicyclic amines) is 1. The van der Waals surface area contributed by atoms with Crippen LogP contribution in [-0.2, 0) is 23.1 Å². The van der Waals surface area contributed by atoms with Crippen LogP contribution in [0.2, 0.25) is 0 Å². The van der Waals surface area contributed by atoms with Gasteiger partial charge >= 0.3 is 0 Å². The average molecular weight is 521 g/mol. The molecule has 3 heterocycles. The summed E-state index contributed by atoms with van der Waals surface area (Å²) in [6.45, 7) is 10.9. The highest BCUT2D eigenvalue weighted by atomic mass is 32.1. The van der Waals surface area contributed by atoms with Gasteiger partial charge in [-0.1, -0.05) is 27.4 Å². The molecule has 2 aromatic heterocycles. The van der Waals surface area contributed by atoms with Crippen LogP contribution in [0.1, 0.15) is 70.3 Å². The lowest BCUT2D eigenvalue weighted by molar-refractivity contribution is -0.111. The Morgan fingerprint density at radius 2 is 1.95 bits per heavy atom. The molecule has 1 unspecified atom stereocenters. The monoisotopic (exact) mass is 520 g/mol. The van der Waals surface area contributed by atoms with Gasteiger partial charge in [0, 0.05) is 42.4 Å². The summed E-state index contributed by atoms with van der Waals surface area (Å²) >= 11 is 1.41. The third-order valence-electron chi connectivity index (χ3n) is 6.29. The molecule has 1 saturated heterocycles. The van der Waals surface area contributed by atoms with Gasteiger partial charge in [-0.25, -0.2) is 9.97 Å². The number of Topliss-reactive ketones (excluding diaryl/α,β-unsaturated/α-hetero) is 1. The molecule has 4 rings (SSSR count). The third kappa shape index (κ3) is 6.80. The maximum atomic E-state index is 13.1. The molecule has 9 heteroatoms. The van der Waals surface area contributed by atoms with Gasteiger partial charge < -0.3 is 14.6 Å². The van der Waals surface area contributed by atoms with Crippen LogP contribution in [0.3, 0.4) is 0 Å². The van der Waals surface area contributed by atoms with Gasteiger partial charge in [0.25, 0.3) is 5.91 Å². The number of piperidine rings is 1. The number of benzene rings is 1. The van der Waals surface area contributed by atoms with Crippen molar-refractivity contribution in [1.29, 1.82) is 0 Å². The largest absolute Gasteiger partial charge is 0.445 e. The number of anilines is 1. The quantitative estimate of drug-likeness (QED) is 0.328. The predicted octanol–water partition coefficient (Wildman–Crippen LogP) is 5.07. The van der Waals surface area contributed by atoms with E-state index in [1.807, 2.05) is 25.7 Å². The van der Waals surface area contributed by atoms with Crippen molar-refractivity contribution in [3.05, 3.63) is 76.4 Å². The highest BCUT2D eigenvalue weighted by molar-refractivity contribution is 7.13. The van der Waals surface area contributed by atoms with Crippen LogP contribution >= 0.6 is 11.3 Å². The van der Waals surface area contributed by atoms with E-state index < -0.39 is 0 Å². The molecule has 1 fully saturated rings. The van der Waals surface area contributed by atoms with Crippen LogP contribution in [0.15, 0.2) is 53.7 Å². The second-order valence-corrected chi connectivity index (χ2v) is 11.4. The summed E-state index contributed by atoms with van der Waals surface area (Å²) in [5.74, 6) is 1.08. The topological polar surface area (TPSA) is 105 Å². The Hall–Kier alpha value is -3.59. The number of thiazole rings is 1. The van der Waals surface area contributed by atoms with Crippen molar-refractivity contribution in [2.24, 2.45) is 5.92 Å². The summed E-state index contributed by atoms with van der Waals surface area (Å²) in [6, 6.07) is 6.88. The molecule has 3 aromatic rings. The zero-order valence-electron chi connectivity index (χ0n) is 21.5. The van der Waals surface area contributed by atoms with Gasteiger partial charge in [-0.2, -0.15) is 0 Å². The van der Waals surface area contributed by atoms with E-state index in [9.17, 15) is 14.4 Å². The van der Waals surface area contributed by atoms with Gasteiger partial charge in [-0.05, 0) is 49.1 Å². The minimum Gasteiger partial charge on any atom is -0.445 e. The van der Waals surface area contributed by atoms with Gasteiger partial charge in [0.05, 0.1) is 22.5 Å². The number of hydrogen-bond acceptors (Lipinski definition) is 7. The zero-order valence-corrected chi connectivity index (χ0v) is 22.3. The molecule has 0 saturated carbocycles. The van der Waals surface area contributed by atoms with Crippen LogP contribution < -0.4 is 5.32 Å². The van der Waals surface area contributed by atoms with Crippen LogP contribution in [-0.4, -0.2) is 45.6 Å². The number of oxazole rings is 1. The normalized spacial score (nSPS) is 15.9. The van der Waals surface area contributed by atoms with E-state index in [0.717, 1.165) is 30.0 Å². The Balaban J connectivity index is 1.32. The summed E-state index contributed by atoms with van der Waals surface area (Å²) in [4.78, 5) is 48.5. The summed E-state index contributed by atoms with van der Waals surface area (Å²) in [5, 5.41) is 3.58. The first kappa shape index (κ1) is 26.5. The molecule has 0 spiro atoms. The number of ketones is 1. The van der Waals surface area contributed by atoms with E-state index in [2.05, 4.69) is 21.9 Å². The van der Waals surface area contributed by atoms with E-state index in [1.54, 1.807) is 36.7 Å². The molecule has 0 aliphatic carbocycles. The Morgan fingerprint density at radius 3 is 2.62 bits per heavy atom. The second kappa shape index (κ2) is 11.2. The molecule has 37 heavy (non-hydrogen) atoms. The van der Waals surface area contributed by atoms with Gasteiger partial charge in [0.2, 0.25) is 11.8 Å². The fourth-order valence-corrected chi connectivity index (χ4v) is 5.20. The zero-order chi connectivity index (χ0) is 26.6. The lowest BCUT2D eigenvalue weighted by atomic mass is 9.94. The molecular weight excluding hydrogens is 488 g/mol. The SMILES string of the molecule is C=CC(=O)Nc1ccc(C(=O)N2CCCC(Cc3ncc(C(=O)Cc4ncc(C(C)(C)C)o4)s3)C2)cc1. The number of hydrogen-bond donors (Lipinski definition) is 1. The van der Waals surface area contributed by atoms with Crippen molar-refractivity contribution in [1.82, 2.24) is 14.9 Å².